The zero-order valence-corrected chi connectivity index (χ0v) is 36.1. The highest BCUT2D eigenvalue weighted by Crippen LogP contribution is 2.68. The zero-order valence-electron chi connectivity index (χ0n) is 36.1. The Bertz CT molecular complexity index is 1250. The van der Waals surface area contributed by atoms with Gasteiger partial charge in [0.1, 0.15) is 42.9 Å². The molecule has 1 aliphatic heterocycles. The number of hydrogen-bond acceptors (Lipinski definition) is 9. The Morgan fingerprint density at radius 1 is 0.786 bits per heavy atom. The van der Waals surface area contributed by atoms with Gasteiger partial charge in [-0.1, -0.05) is 125 Å². The number of aliphatic hydroxyl groups is 5. The van der Waals surface area contributed by atoms with Crippen LogP contribution in [0.15, 0.2) is 11.3 Å². The second kappa shape index (κ2) is 20.8. The molecule has 0 aromatic carbocycles. The van der Waals surface area contributed by atoms with Gasteiger partial charge in [-0.3, -0.25) is 4.79 Å². The van der Waals surface area contributed by atoms with E-state index in [1.54, 1.807) is 0 Å². The largest absolute Gasteiger partial charge is 0.510 e. The molecular formula is C47H82O9. The summed E-state index contributed by atoms with van der Waals surface area (Å²) < 4.78 is 17.8. The fraction of sp³-hybridized carbons (Fsp3) is 0.936. The second-order valence-corrected chi connectivity index (χ2v) is 20.0. The van der Waals surface area contributed by atoms with Gasteiger partial charge in [0.25, 0.3) is 0 Å². The van der Waals surface area contributed by atoms with Crippen LogP contribution in [0.3, 0.4) is 0 Å². The lowest BCUT2D eigenvalue weighted by atomic mass is 9.46. The average Bonchev–Trinajstić information content (AvgIpc) is 3.53. The highest BCUT2D eigenvalue weighted by molar-refractivity contribution is 5.69. The number of esters is 1. The molecule has 0 amide bonds. The van der Waals surface area contributed by atoms with Gasteiger partial charge in [0.05, 0.1) is 6.10 Å². The number of fused-ring (bicyclic) bond motifs is 5. The summed E-state index contributed by atoms with van der Waals surface area (Å²) in [4.78, 5) is 12.5. The summed E-state index contributed by atoms with van der Waals surface area (Å²) in [6, 6.07) is 0. The highest BCUT2D eigenvalue weighted by atomic mass is 16.7. The standard InChI is InChI=1S/C47H82O9/c1-7-8-9-10-11-12-13-14-15-16-17-21-38(48)54-29-37-41(50)43(52)44(53)45(56-37)55-32-24-26-47(6)35-25-27-46(5)33(31(4)20-18-19-30(2)3)22-23-34(46)39(35)42(51)40(49)36(47)28-32/h30-35,37,39,41-45,49-53H,7-29H2,1-6H3/t31-,32?,33-,34?,35?,37-,39?,41+,42?,43+,44-,45+,46-,47-/m1/s1. The quantitative estimate of drug-likeness (QED) is 0.0567. The van der Waals surface area contributed by atoms with Gasteiger partial charge in [-0.25, -0.2) is 0 Å². The molecule has 14 atom stereocenters. The van der Waals surface area contributed by atoms with Crippen LogP contribution >= 0.6 is 0 Å². The highest BCUT2D eigenvalue weighted by Gasteiger charge is 2.63. The van der Waals surface area contributed by atoms with Gasteiger partial charge < -0.3 is 39.7 Å². The third-order valence-electron chi connectivity index (χ3n) is 15.8. The maximum Gasteiger partial charge on any atom is 0.305 e. The Kier molecular flexibility index (Phi) is 17.1. The van der Waals surface area contributed by atoms with Crippen LogP contribution in [-0.2, 0) is 19.0 Å². The van der Waals surface area contributed by atoms with Crippen molar-refractivity contribution in [3.63, 3.8) is 0 Å². The first-order valence-corrected chi connectivity index (χ1v) is 23.3. The lowest BCUT2D eigenvalue weighted by Crippen LogP contribution is -2.60. The summed E-state index contributed by atoms with van der Waals surface area (Å²) in [5.74, 6) is 2.46. The van der Waals surface area contributed by atoms with E-state index in [1.807, 2.05) is 0 Å². The SMILES string of the molecule is CCCCCCCCCCCCCC(=O)OC[C@H]1O[C@H](OC2CC[C@@]3(C)C(=C(O)C(O)C4C3CC[C@@]3(C)C4CC[C@@H]3[C@H](C)CCCC(C)C)C2)[C@H](O)[C@@H](O)[C@H]1O. The molecule has 5 rings (SSSR count). The molecule has 324 valence electrons. The van der Waals surface area contributed by atoms with Crippen LogP contribution in [0.4, 0.5) is 0 Å². The molecule has 1 saturated heterocycles. The number of aliphatic hydroxyl groups excluding tert-OH is 5. The number of hydrogen-bond donors (Lipinski definition) is 5. The molecule has 56 heavy (non-hydrogen) atoms. The Labute approximate surface area is 339 Å². The van der Waals surface area contributed by atoms with Crippen LogP contribution in [0, 0.1) is 46.3 Å². The second-order valence-electron chi connectivity index (χ2n) is 20.0. The number of ether oxygens (including phenoxy) is 3. The molecule has 0 aromatic rings. The Hall–Kier alpha value is -1.23. The predicted molar refractivity (Wildman–Crippen MR) is 220 cm³/mol. The first-order chi connectivity index (χ1) is 26.7. The number of rotatable bonds is 21. The summed E-state index contributed by atoms with van der Waals surface area (Å²) in [5, 5.41) is 56.1. The smallest absolute Gasteiger partial charge is 0.305 e. The topological polar surface area (TPSA) is 146 Å². The van der Waals surface area contributed by atoms with E-state index >= 15 is 0 Å². The summed E-state index contributed by atoms with van der Waals surface area (Å²) in [7, 11) is 0. The minimum absolute atomic E-state index is 0.0336. The average molecular weight is 791 g/mol. The third-order valence-corrected chi connectivity index (χ3v) is 15.8. The predicted octanol–water partition coefficient (Wildman–Crippen LogP) is 9.32. The van der Waals surface area contributed by atoms with Crippen molar-refractivity contribution in [2.45, 2.75) is 226 Å². The molecule has 0 aromatic heterocycles. The van der Waals surface area contributed by atoms with E-state index < -0.39 is 42.9 Å². The van der Waals surface area contributed by atoms with Crippen molar-refractivity contribution in [3.05, 3.63) is 11.3 Å². The van der Waals surface area contributed by atoms with Crippen molar-refractivity contribution < 1.29 is 44.5 Å². The van der Waals surface area contributed by atoms with E-state index in [9.17, 15) is 30.3 Å². The molecule has 4 aliphatic carbocycles. The molecule has 5 aliphatic rings. The van der Waals surface area contributed by atoms with E-state index in [-0.39, 0.29) is 47.4 Å². The van der Waals surface area contributed by atoms with Crippen molar-refractivity contribution in [3.8, 4) is 0 Å². The molecule has 0 spiro atoms. The molecule has 1 heterocycles. The molecule has 0 bridgehead atoms. The van der Waals surface area contributed by atoms with Gasteiger partial charge >= 0.3 is 5.97 Å². The fourth-order valence-corrected chi connectivity index (χ4v) is 12.4. The van der Waals surface area contributed by atoms with Gasteiger partial charge in [0.2, 0.25) is 0 Å². The van der Waals surface area contributed by atoms with Crippen molar-refractivity contribution >= 4 is 5.97 Å². The van der Waals surface area contributed by atoms with Gasteiger partial charge in [-0.15, -0.1) is 0 Å². The Balaban J connectivity index is 1.11. The first-order valence-electron chi connectivity index (χ1n) is 23.3. The minimum atomic E-state index is -1.53. The van der Waals surface area contributed by atoms with Crippen LogP contribution < -0.4 is 0 Å². The molecule has 9 heteroatoms. The normalized spacial score (nSPS) is 38.9. The van der Waals surface area contributed by atoms with E-state index in [2.05, 4.69) is 41.5 Å². The molecule has 9 nitrogen and oxygen atoms in total. The van der Waals surface area contributed by atoms with E-state index in [0.29, 0.717) is 30.6 Å². The number of unbranched alkanes of at least 4 members (excludes halogenated alkanes) is 10. The van der Waals surface area contributed by atoms with E-state index in [4.69, 9.17) is 14.2 Å². The molecule has 0 radical (unpaired) electrons. The maximum atomic E-state index is 12.5. The molecule has 5 N–H and O–H groups in total. The minimum Gasteiger partial charge on any atom is -0.510 e. The zero-order chi connectivity index (χ0) is 40.6. The fourth-order valence-electron chi connectivity index (χ4n) is 12.4. The lowest BCUT2D eigenvalue weighted by molar-refractivity contribution is -0.313. The molecular weight excluding hydrogens is 709 g/mol. The van der Waals surface area contributed by atoms with E-state index in [0.717, 1.165) is 56.4 Å². The number of carbonyl (C=O) groups excluding carboxylic acids is 1. The van der Waals surface area contributed by atoms with Crippen molar-refractivity contribution in [2.75, 3.05) is 6.61 Å². The third kappa shape index (κ3) is 10.6. The number of carbonyl (C=O) groups is 1. The van der Waals surface area contributed by atoms with Gasteiger partial charge in [0, 0.05) is 6.42 Å². The summed E-state index contributed by atoms with van der Waals surface area (Å²) >= 11 is 0. The Morgan fingerprint density at radius 3 is 2.11 bits per heavy atom. The van der Waals surface area contributed by atoms with Crippen molar-refractivity contribution in [1.82, 2.24) is 0 Å². The van der Waals surface area contributed by atoms with Gasteiger partial charge in [-0.05, 0) is 103 Å². The van der Waals surface area contributed by atoms with E-state index in [1.165, 1.54) is 77.0 Å². The van der Waals surface area contributed by atoms with Crippen LogP contribution in [0.25, 0.3) is 0 Å². The van der Waals surface area contributed by atoms with Crippen LogP contribution in [0.1, 0.15) is 183 Å². The lowest BCUT2D eigenvalue weighted by Gasteiger charge is -2.60. The van der Waals surface area contributed by atoms with Crippen LogP contribution in [0.5, 0.6) is 0 Å². The van der Waals surface area contributed by atoms with Crippen LogP contribution in [-0.4, -0.2) is 81.0 Å². The molecule has 5 unspecified atom stereocenters. The first kappa shape index (κ1) is 45.8. The van der Waals surface area contributed by atoms with Gasteiger partial charge in [-0.2, -0.15) is 0 Å². The molecule has 4 fully saturated rings. The maximum absolute atomic E-state index is 12.5. The molecule has 3 saturated carbocycles. The summed E-state index contributed by atoms with van der Waals surface area (Å²) in [5.41, 5.74) is 0.759. The summed E-state index contributed by atoms with van der Waals surface area (Å²) in [6.45, 7) is 13.8. The van der Waals surface area contributed by atoms with Crippen LogP contribution in [0.2, 0.25) is 0 Å². The summed E-state index contributed by atoms with van der Waals surface area (Å²) in [6.07, 6.45) is 15.4. The van der Waals surface area contributed by atoms with Crippen molar-refractivity contribution in [2.24, 2.45) is 46.3 Å². The monoisotopic (exact) mass is 791 g/mol. The van der Waals surface area contributed by atoms with Crippen molar-refractivity contribution in [1.29, 1.82) is 0 Å². The van der Waals surface area contributed by atoms with Gasteiger partial charge in [0.15, 0.2) is 6.29 Å². The Morgan fingerprint density at radius 2 is 1.45 bits per heavy atom.